The van der Waals surface area contributed by atoms with Crippen molar-refractivity contribution in [2.75, 3.05) is 31.0 Å². The molecule has 0 amide bonds. The van der Waals surface area contributed by atoms with Crippen LogP contribution in [0.1, 0.15) is 10.6 Å². The van der Waals surface area contributed by atoms with Gasteiger partial charge in [-0.1, -0.05) is 12.1 Å². The number of thiazole rings is 1. The van der Waals surface area contributed by atoms with E-state index in [2.05, 4.69) is 20.6 Å². The minimum atomic E-state index is -3.04. The smallest absolute Gasteiger partial charge is 0.167 e. The molecule has 2 N–H and O–H groups in total. The number of hydrogen-bond acceptors (Lipinski definition) is 10. The van der Waals surface area contributed by atoms with Crippen LogP contribution in [0, 0.1) is 11.6 Å². The molecule has 0 atom stereocenters. The average molecular weight is 612 g/mol. The number of methoxy groups -OCH3 is 1. The topological polar surface area (TPSA) is 115 Å². The lowest BCUT2D eigenvalue weighted by atomic mass is 10.1. The number of nitrogens with one attached hydrogen (secondary N) is 2. The van der Waals surface area contributed by atoms with E-state index in [-0.39, 0.29) is 23.9 Å². The van der Waals surface area contributed by atoms with Gasteiger partial charge >= 0.3 is 0 Å². The molecule has 0 spiro atoms. The van der Waals surface area contributed by atoms with Crippen LogP contribution in [0.4, 0.5) is 20.3 Å². The second-order valence-corrected chi connectivity index (χ2v) is 12.6. The summed E-state index contributed by atoms with van der Waals surface area (Å²) in [5.41, 5.74) is 3.04. The SMILES string of the molecule is COc1cc2ncnc(Nc3ccc(OCc4cccc(F)c4)c(F)c3)c2cc1-c1csc(CNCCS(C)(=O)=O)n1. The zero-order chi connectivity index (χ0) is 29.7. The number of nitrogens with zero attached hydrogens (tertiary/aromatic N) is 3. The maximum atomic E-state index is 14.9. The summed E-state index contributed by atoms with van der Waals surface area (Å²) in [6.07, 6.45) is 2.60. The molecular formula is C29H27F2N5O4S2. The molecule has 218 valence electrons. The number of sulfone groups is 1. The molecule has 13 heteroatoms. The summed E-state index contributed by atoms with van der Waals surface area (Å²) >= 11 is 1.44. The van der Waals surface area contributed by atoms with Crippen molar-refractivity contribution >= 4 is 43.6 Å². The van der Waals surface area contributed by atoms with E-state index in [1.54, 1.807) is 31.4 Å². The van der Waals surface area contributed by atoms with Gasteiger partial charge in [-0.25, -0.2) is 32.2 Å². The van der Waals surface area contributed by atoms with E-state index in [0.29, 0.717) is 58.1 Å². The van der Waals surface area contributed by atoms with Gasteiger partial charge in [0.05, 0.1) is 24.1 Å². The van der Waals surface area contributed by atoms with Gasteiger partial charge in [-0.3, -0.25) is 0 Å². The van der Waals surface area contributed by atoms with E-state index in [1.807, 2.05) is 11.4 Å². The monoisotopic (exact) mass is 611 g/mol. The van der Waals surface area contributed by atoms with Crippen LogP contribution in [0.3, 0.4) is 0 Å². The molecule has 3 aromatic carbocycles. The lowest BCUT2D eigenvalue weighted by Gasteiger charge is -2.13. The molecule has 5 aromatic rings. The van der Waals surface area contributed by atoms with Gasteiger partial charge in [0.2, 0.25) is 0 Å². The van der Waals surface area contributed by atoms with Gasteiger partial charge in [0.25, 0.3) is 0 Å². The van der Waals surface area contributed by atoms with E-state index in [9.17, 15) is 17.2 Å². The van der Waals surface area contributed by atoms with Gasteiger partial charge in [0.15, 0.2) is 11.6 Å². The molecule has 2 aromatic heterocycles. The summed E-state index contributed by atoms with van der Waals surface area (Å²) in [5, 5.41) is 9.60. The fraction of sp³-hybridized carbons (Fsp3) is 0.207. The zero-order valence-corrected chi connectivity index (χ0v) is 24.4. The normalized spacial score (nSPS) is 11.5. The second-order valence-electron chi connectivity index (χ2n) is 9.41. The quantitative estimate of drug-likeness (QED) is 0.177. The molecule has 0 aliphatic rings. The molecule has 0 fully saturated rings. The van der Waals surface area contributed by atoms with Crippen LogP contribution in [0.5, 0.6) is 11.5 Å². The number of hydrogen-bond donors (Lipinski definition) is 2. The maximum Gasteiger partial charge on any atom is 0.167 e. The van der Waals surface area contributed by atoms with E-state index in [1.165, 1.54) is 48.2 Å². The minimum Gasteiger partial charge on any atom is -0.496 e. The number of ether oxygens (including phenoxy) is 2. The number of aromatic nitrogens is 3. The third-order valence-electron chi connectivity index (χ3n) is 6.19. The highest BCUT2D eigenvalue weighted by molar-refractivity contribution is 7.90. The number of benzene rings is 3. The van der Waals surface area contributed by atoms with Crippen molar-refractivity contribution in [3.05, 3.63) is 88.5 Å². The fourth-order valence-corrected chi connectivity index (χ4v) is 5.42. The highest BCUT2D eigenvalue weighted by Gasteiger charge is 2.16. The predicted octanol–water partition coefficient (Wildman–Crippen LogP) is 5.50. The van der Waals surface area contributed by atoms with Crippen LogP contribution < -0.4 is 20.1 Å². The molecule has 0 radical (unpaired) electrons. The number of anilines is 2. The summed E-state index contributed by atoms with van der Waals surface area (Å²) in [6.45, 7) is 0.789. The lowest BCUT2D eigenvalue weighted by Crippen LogP contribution is -2.21. The Morgan fingerprint density at radius 1 is 1.02 bits per heavy atom. The third kappa shape index (κ3) is 7.35. The molecule has 5 rings (SSSR count). The zero-order valence-electron chi connectivity index (χ0n) is 22.7. The van der Waals surface area contributed by atoms with Crippen molar-refractivity contribution in [1.82, 2.24) is 20.3 Å². The third-order valence-corrected chi connectivity index (χ3v) is 7.98. The van der Waals surface area contributed by atoms with Crippen LogP contribution in [0.15, 0.2) is 66.3 Å². The standard InChI is InChI=1S/C29H27F2N5O4S2/c1-39-27-13-24-22(12-21(27)25-16-41-28(36-25)14-32-8-9-42(2,37)38)29(34-17-33-24)35-20-6-7-26(23(31)11-20)40-15-18-4-3-5-19(30)10-18/h3-7,10-13,16-17,32H,8-9,14-15H2,1-2H3,(H,33,34,35). The molecule has 9 nitrogen and oxygen atoms in total. The number of rotatable bonds is 12. The molecule has 42 heavy (non-hydrogen) atoms. The average Bonchev–Trinajstić information content (AvgIpc) is 3.43. The summed E-state index contributed by atoms with van der Waals surface area (Å²) in [7, 11) is -1.48. The van der Waals surface area contributed by atoms with E-state index in [0.717, 1.165) is 5.01 Å². The summed E-state index contributed by atoms with van der Waals surface area (Å²) < 4.78 is 62.2. The van der Waals surface area contributed by atoms with Crippen LogP contribution in [0.25, 0.3) is 22.2 Å². The first-order chi connectivity index (χ1) is 20.2. The highest BCUT2D eigenvalue weighted by atomic mass is 32.2. The van der Waals surface area contributed by atoms with E-state index in [4.69, 9.17) is 14.5 Å². The summed E-state index contributed by atoms with van der Waals surface area (Å²) in [6, 6.07) is 14.0. The van der Waals surface area contributed by atoms with Crippen LogP contribution >= 0.6 is 11.3 Å². The van der Waals surface area contributed by atoms with E-state index < -0.39 is 15.7 Å². The lowest BCUT2D eigenvalue weighted by molar-refractivity contribution is 0.290. The largest absolute Gasteiger partial charge is 0.496 e. The Bertz CT molecular complexity index is 1830. The van der Waals surface area contributed by atoms with Gasteiger partial charge in [-0.05, 0) is 35.9 Å². The van der Waals surface area contributed by atoms with Crippen molar-refractivity contribution in [1.29, 1.82) is 0 Å². The summed E-state index contributed by atoms with van der Waals surface area (Å²) in [4.78, 5) is 13.4. The Hall–Kier alpha value is -4.20. The fourth-order valence-electron chi connectivity index (χ4n) is 4.14. The van der Waals surface area contributed by atoms with Crippen molar-refractivity contribution in [3.63, 3.8) is 0 Å². The van der Waals surface area contributed by atoms with Crippen molar-refractivity contribution in [2.24, 2.45) is 0 Å². The molecule has 0 aliphatic heterocycles. The Morgan fingerprint density at radius 2 is 1.88 bits per heavy atom. The van der Waals surface area contributed by atoms with Crippen LogP contribution in [0.2, 0.25) is 0 Å². The Labute approximate surface area is 245 Å². The maximum absolute atomic E-state index is 14.9. The molecule has 0 bridgehead atoms. The first-order valence-electron chi connectivity index (χ1n) is 12.8. The summed E-state index contributed by atoms with van der Waals surface area (Å²) in [5.74, 6) is 0.137. The number of halogens is 2. The molecular weight excluding hydrogens is 584 g/mol. The molecule has 0 saturated heterocycles. The highest BCUT2D eigenvalue weighted by Crippen LogP contribution is 2.36. The van der Waals surface area contributed by atoms with Gasteiger partial charge in [0.1, 0.15) is 45.2 Å². The van der Waals surface area contributed by atoms with Gasteiger partial charge in [0, 0.05) is 53.5 Å². The Balaban J connectivity index is 1.35. The molecule has 2 heterocycles. The van der Waals surface area contributed by atoms with Crippen molar-refractivity contribution < 1.29 is 26.7 Å². The first kappa shape index (κ1) is 29.3. The second kappa shape index (κ2) is 12.8. The molecule has 0 unspecified atom stereocenters. The predicted molar refractivity (Wildman–Crippen MR) is 159 cm³/mol. The van der Waals surface area contributed by atoms with Gasteiger partial charge < -0.3 is 20.1 Å². The number of fused-ring (bicyclic) bond motifs is 1. The van der Waals surface area contributed by atoms with Crippen LogP contribution in [-0.2, 0) is 23.0 Å². The Kier molecular flexibility index (Phi) is 8.90. The van der Waals surface area contributed by atoms with Gasteiger partial charge in [-0.2, -0.15) is 0 Å². The molecule has 0 aliphatic carbocycles. The Morgan fingerprint density at radius 3 is 2.64 bits per heavy atom. The van der Waals surface area contributed by atoms with Crippen molar-refractivity contribution in [3.8, 4) is 22.8 Å². The first-order valence-corrected chi connectivity index (χ1v) is 15.7. The van der Waals surface area contributed by atoms with Crippen molar-refractivity contribution in [2.45, 2.75) is 13.2 Å². The molecule has 0 saturated carbocycles. The van der Waals surface area contributed by atoms with E-state index >= 15 is 0 Å². The van der Waals surface area contributed by atoms with Gasteiger partial charge in [-0.15, -0.1) is 11.3 Å². The van der Waals surface area contributed by atoms with Crippen LogP contribution in [-0.4, -0.2) is 49.0 Å². The minimum absolute atomic E-state index is 0.0255.